The summed E-state index contributed by atoms with van der Waals surface area (Å²) in [6.07, 6.45) is 2.06. The summed E-state index contributed by atoms with van der Waals surface area (Å²) in [4.78, 5) is 24.4. The number of hydrogen-bond donors (Lipinski definition) is 1. The van der Waals surface area contributed by atoms with Crippen LogP contribution in [0.4, 0.5) is 13.2 Å². The van der Waals surface area contributed by atoms with E-state index in [1.807, 2.05) is 0 Å². The average Bonchev–Trinajstić information content (AvgIpc) is 3.28. The Bertz CT molecular complexity index is 1820. The lowest BCUT2D eigenvalue weighted by Crippen LogP contribution is -2.31. The van der Waals surface area contributed by atoms with Crippen molar-refractivity contribution in [2.75, 3.05) is 6.61 Å². The quantitative estimate of drug-likeness (QED) is 0.235. The number of carboxylic acid groups (broad SMARTS) is 1. The number of aryl methyl sites for hydroxylation is 1. The lowest BCUT2D eigenvalue weighted by Gasteiger charge is -2.27. The predicted octanol–water partition coefficient (Wildman–Crippen LogP) is 5.88. The Morgan fingerprint density at radius 3 is 2.57 bits per heavy atom. The third-order valence-corrected chi connectivity index (χ3v) is 7.19. The second-order valence-electron chi connectivity index (χ2n) is 10.1. The molecule has 42 heavy (non-hydrogen) atoms. The van der Waals surface area contributed by atoms with Crippen molar-refractivity contribution in [1.29, 1.82) is 0 Å². The highest BCUT2D eigenvalue weighted by atomic mass is 19.1. The van der Waals surface area contributed by atoms with Crippen molar-refractivity contribution in [2.45, 2.75) is 39.0 Å². The van der Waals surface area contributed by atoms with E-state index in [4.69, 9.17) is 9.47 Å². The first-order chi connectivity index (χ1) is 20.2. The number of aromatic nitrogens is 4. The van der Waals surface area contributed by atoms with Crippen molar-refractivity contribution in [3.8, 4) is 17.3 Å². The number of carboxylic acids is 1. The van der Waals surface area contributed by atoms with Crippen molar-refractivity contribution in [3.63, 3.8) is 0 Å². The van der Waals surface area contributed by atoms with E-state index < -0.39 is 23.4 Å². The van der Waals surface area contributed by atoms with Gasteiger partial charge in [0, 0.05) is 30.9 Å². The van der Waals surface area contributed by atoms with Crippen LogP contribution in [-0.2, 0) is 24.3 Å². The Morgan fingerprint density at radius 2 is 1.83 bits per heavy atom. The lowest BCUT2D eigenvalue weighted by atomic mass is 10.1. The summed E-state index contributed by atoms with van der Waals surface area (Å²) >= 11 is 0. The maximum atomic E-state index is 15.4. The zero-order chi connectivity index (χ0) is 29.4. The third-order valence-electron chi connectivity index (χ3n) is 7.19. The maximum absolute atomic E-state index is 15.4. The molecule has 0 aliphatic carbocycles. The molecule has 5 aromatic rings. The fraction of sp³-hybridized carbons (Fsp3) is 0.226. The van der Waals surface area contributed by atoms with Crippen LogP contribution in [0.15, 0.2) is 60.8 Å². The lowest BCUT2D eigenvalue weighted by molar-refractivity contribution is -0.0589. The van der Waals surface area contributed by atoms with Crippen molar-refractivity contribution < 1.29 is 32.5 Å². The molecule has 8 nitrogen and oxygen atoms in total. The van der Waals surface area contributed by atoms with Crippen LogP contribution in [0.2, 0.25) is 0 Å². The molecule has 0 saturated carbocycles. The molecule has 214 valence electrons. The molecule has 0 amide bonds. The van der Waals surface area contributed by atoms with Gasteiger partial charge in [-0.25, -0.2) is 27.9 Å². The van der Waals surface area contributed by atoms with Gasteiger partial charge in [-0.2, -0.15) is 4.98 Å². The number of benzene rings is 3. The number of fused-ring (bicyclic) bond motifs is 1. The van der Waals surface area contributed by atoms with Crippen molar-refractivity contribution in [1.82, 2.24) is 19.5 Å². The van der Waals surface area contributed by atoms with Gasteiger partial charge >= 0.3 is 5.97 Å². The number of halogens is 3. The van der Waals surface area contributed by atoms with Gasteiger partial charge in [0.25, 0.3) is 0 Å². The number of hydrogen-bond acceptors (Lipinski definition) is 6. The van der Waals surface area contributed by atoms with Crippen LogP contribution in [0, 0.1) is 24.4 Å². The first kappa shape index (κ1) is 27.4. The number of carbonyl (C=O) groups is 1. The van der Waals surface area contributed by atoms with E-state index in [0.717, 1.165) is 24.1 Å². The van der Waals surface area contributed by atoms with Gasteiger partial charge in [-0.3, -0.25) is 0 Å². The van der Waals surface area contributed by atoms with Gasteiger partial charge in [0.2, 0.25) is 5.88 Å². The Morgan fingerprint density at radius 1 is 1.02 bits per heavy atom. The molecule has 0 radical (unpaired) electrons. The molecular weight excluding hydrogens is 549 g/mol. The molecule has 1 saturated heterocycles. The number of ether oxygens (including phenoxy) is 2. The van der Waals surface area contributed by atoms with Gasteiger partial charge in [-0.05, 0) is 60.9 Å². The minimum Gasteiger partial charge on any atom is -0.478 e. The van der Waals surface area contributed by atoms with Crippen LogP contribution in [0.1, 0.15) is 39.3 Å². The van der Waals surface area contributed by atoms with Gasteiger partial charge < -0.3 is 19.1 Å². The summed E-state index contributed by atoms with van der Waals surface area (Å²) in [6, 6.07) is 12.9. The van der Waals surface area contributed by atoms with Gasteiger partial charge in [-0.15, -0.1) is 0 Å². The summed E-state index contributed by atoms with van der Waals surface area (Å²) in [7, 11) is 0. The highest BCUT2D eigenvalue weighted by Gasteiger charge is 2.24. The minimum absolute atomic E-state index is 0.0427. The molecule has 1 aliphatic heterocycles. The monoisotopic (exact) mass is 574 g/mol. The zero-order valence-corrected chi connectivity index (χ0v) is 22.5. The SMILES string of the molecule is Cc1ccc(COc2ccnc(-c3cc(F)c(Cc4nc5ccc(C(=O)O)cc5n4C[C@@H]4CCO4)cc3F)n2)c(F)c1. The number of nitrogens with zero attached hydrogens (tertiary/aromatic N) is 4. The van der Waals surface area contributed by atoms with Crippen molar-refractivity contribution in [3.05, 3.63) is 106 Å². The van der Waals surface area contributed by atoms with E-state index in [9.17, 15) is 14.3 Å². The summed E-state index contributed by atoms with van der Waals surface area (Å²) in [6.45, 7) is 2.72. The summed E-state index contributed by atoms with van der Waals surface area (Å²) in [5, 5.41) is 9.44. The van der Waals surface area contributed by atoms with Gasteiger partial charge in [0.1, 0.15) is 29.9 Å². The van der Waals surface area contributed by atoms with E-state index in [0.29, 0.717) is 35.6 Å². The molecule has 0 bridgehead atoms. The van der Waals surface area contributed by atoms with Crippen LogP contribution in [-0.4, -0.2) is 43.3 Å². The summed E-state index contributed by atoms with van der Waals surface area (Å²) in [5.41, 5.74) is 2.22. The molecule has 6 rings (SSSR count). The van der Waals surface area contributed by atoms with E-state index in [1.165, 1.54) is 30.5 Å². The second kappa shape index (κ2) is 11.2. The van der Waals surface area contributed by atoms with E-state index in [-0.39, 0.29) is 47.5 Å². The largest absolute Gasteiger partial charge is 0.478 e. The second-order valence-corrected chi connectivity index (χ2v) is 10.1. The fourth-order valence-electron chi connectivity index (χ4n) is 4.82. The summed E-state index contributed by atoms with van der Waals surface area (Å²) in [5.74, 6) is -2.48. The highest BCUT2D eigenvalue weighted by molar-refractivity contribution is 5.92. The Kier molecular flexibility index (Phi) is 7.34. The third kappa shape index (κ3) is 5.55. The first-order valence-electron chi connectivity index (χ1n) is 13.3. The molecule has 3 heterocycles. The van der Waals surface area contributed by atoms with Crippen LogP contribution in [0.3, 0.4) is 0 Å². The van der Waals surface area contributed by atoms with E-state index >= 15 is 8.78 Å². The Balaban J connectivity index is 1.27. The average molecular weight is 575 g/mol. The number of aromatic carboxylic acids is 1. The molecular formula is C31H25F3N4O4. The number of imidazole rings is 1. The molecule has 0 spiro atoms. The predicted molar refractivity (Wildman–Crippen MR) is 147 cm³/mol. The molecule has 1 aliphatic rings. The minimum atomic E-state index is -1.08. The zero-order valence-electron chi connectivity index (χ0n) is 22.5. The number of rotatable bonds is 9. The van der Waals surface area contributed by atoms with Crippen molar-refractivity contribution in [2.24, 2.45) is 0 Å². The van der Waals surface area contributed by atoms with Crippen LogP contribution in [0.5, 0.6) is 5.88 Å². The molecule has 0 unspecified atom stereocenters. The molecule has 3 aromatic carbocycles. The van der Waals surface area contributed by atoms with Crippen LogP contribution in [0.25, 0.3) is 22.4 Å². The highest BCUT2D eigenvalue weighted by Crippen LogP contribution is 2.28. The maximum Gasteiger partial charge on any atom is 0.335 e. The van der Waals surface area contributed by atoms with Crippen molar-refractivity contribution >= 4 is 17.0 Å². The molecule has 11 heteroatoms. The standard InChI is InChI=1S/C31H25F3N4O4/c1-17-2-3-19(23(32)10-17)16-42-29-6-8-35-30(37-29)22-14-24(33)20(11-25(22)34)13-28-36-26-5-4-18(31(39)40)12-27(26)38(28)15-21-7-9-41-21/h2-6,8,10-12,14,21H,7,9,13,15-16H2,1H3,(H,39,40)/t21-/m0/s1. The molecule has 2 aromatic heterocycles. The Hall–Kier alpha value is -4.77. The molecule has 1 N–H and O–H groups in total. The smallest absolute Gasteiger partial charge is 0.335 e. The Labute approximate surface area is 238 Å². The fourth-order valence-corrected chi connectivity index (χ4v) is 4.82. The summed E-state index contributed by atoms with van der Waals surface area (Å²) < 4.78 is 57.9. The van der Waals surface area contributed by atoms with Gasteiger partial charge in [0.15, 0.2) is 5.82 Å². The van der Waals surface area contributed by atoms with Gasteiger partial charge in [0.05, 0.1) is 34.8 Å². The van der Waals surface area contributed by atoms with Crippen LogP contribution >= 0.6 is 0 Å². The molecule has 1 fully saturated rings. The van der Waals surface area contributed by atoms with Crippen LogP contribution < -0.4 is 4.74 Å². The molecule has 1 atom stereocenters. The topological polar surface area (TPSA) is 99.4 Å². The van der Waals surface area contributed by atoms with E-state index in [2.05, 4.69) is 15.0 Å². The normalized spacial score (nSPS) is 14.6. The van der Waals surface area contributed by atoms with E-state index in [1.54, 1.807) is 29.7 Å². The van der Waals surface area contributed by atoms with Gasteiger partial charge in [-0.1, -0.05) is 12.1 Å². The first-order valence-corrected chi connectivity index (χ1v) is 13.3.